The van der Waals surface area contributed by atoms with E-state index in [1.807, 2.05) is 0 Å². The molecule has 0 bridgehead atoms. The molecule has 0 amide bonds. The second-order valence-corrected chi connectivity index (χ2v) is 9.72. The Morgan fingerprint density at radius 1 is 1.16 bits per heavy atom. The Labute approximate surface area is 198 Å². The van der Waals surface area contributed by atoms with Gasteiger partial charge in [-0.15, -0.1) is 11.3 Å². The van der Waals surface area contributed by atoms with Gasteiger partial charge in [-0.2, -0.15) is 0 Å². The highest BCUT2D eigenvalue weighted by atomic mass is 79.9. The Morgan fingerprint density at radius 2 is 1.84 bits per heavy atom. The first-order valence-electron chi connectivity index (χ1n) is 10.5. The zero-order valence-corrected chi connectivity index (χ0v) is 20.9. The molecule has 9 heteroatoms. The number of unbranched alkanes of at least 4 members (excludes halogenated alkanes) is 1. The number of nitrogens with zero attached hydrogens (tertiary/aromatic N) is 2. The summed E-state index contributed by atoms with van der Waals surface area (Å²) in [6.45, 7) is 2.61. The summed E-state index contributed by atoms with van der Waals surface area (Å²) in [5.74, 6) is 2.00. The number of Topliss-reactive ketones (excluding diaryl/α,β-unsaturated/α-hetero) is 1. The van der Waals surface area contributed by atoms with Crippen LogP contribution in [0.25, 0.3) is 21.6 Å². The number of methoxy groups -OCH3 is 3. The third kappa shape index (κ3) is 3.71. The van der Waals surface area contributed by atoms with E-state index in [4.69, 9.17) is 19.2 Å². The number of halogens is 1. The molecule has 32 heavy (non-hydrogen) atoms. The van der Waals surface area contributed by atoms with E-state index in [1.54, 1.807) is 38.0 Å². The van der Waals surface area contributed by atoms with Crippen LogP contribution >= 0.6 is 27.3 Å². The molecule has 0 aliphatic heterocycles. The zero-order chi connectivity index (χ0) is 23.0. The molecule has 7 nitrogen and oxygen atoms in total. The van der Waals surface area contributed by atoms with Crippen molar-refractivity contribution in [2.24, 2.45) is 0 Å². The van der Waals surface area contributed by atoms with Crippen LogP contribution in [0.2, 0.25) is 0 Å². The molecule has 1 unspecified atom stereocenters. The van der Waals surface area contributed by atoms with Gasteiger partial charge >= 0.3 is 0 Å². The number of carbonyl (C=O) groups is 1. The molecule has 0 spiro atoms. The Hall–Kier alpha value is -2.39. The predicted molar refractivity (Wildman–Crippen MR) is 129 cm³/mol. The van der Waals surface area contributed by atoms with Gasteiger partial charge in [-0.3, -0.25) is 14.2 Å². The van der Waals surface area contributed by atoms with E-state index in [9.17, 15) is 9.59 Å². The quantitative estimate of drug-likeness (QED) is 0.414. The number of aromatic nitrogens is 2. The second-order valence-electron chi connectivity index (χ2n) is 7.62. The fraction of sp³-hybridized carbons (Fsp3) is 0.435. The van der Waals surface area contributed by atoms with Crippen LogP contribution in [0.3, 0.4) is 0 Å². The number of ether oxygens (including phenoxy) is 3. The molecule has 1 aliphatic carbocycles. The molecule has 0 N–H and O–H groups in total. The maximum atomic E-state index is 13.7. The molecule has 0 saturated heterocycles. The highest BCUT2D eigenvalue weighted by Crippen LogP contribution is 2.42. The number of thiophene rings is 1. The smallest absolute Gasteiger partial charge is 0.262 e. The molecule has 4 rings (SSSR count). The first-order chi connectivity index (χ1) is 15.4. The second kappa shape index (κ2) is 9.23. The van der Waals surface area contributed by atoms with Gasteiger partial charge in [-0.25, -0.2) is 4.98 Å². The summed E-state index contributed by atoms with van der Waals surface area (Å²) >= 11 is 4.76. The fourth-order valence-electron chi connectivity index (χ4n) is 4.08. The number of benzene rings is 1. The van der Waals surface area contributed by atoms with Crippen LogP contribution in [-0.4, -0.2) is 41.5 Å². The third-order valence-corrected chi connectivity index (χ3v) is 7.74. The lowest BCUT2D eigenvalue weighted by atomic mass is 9.96. The predicted octanol–water partition coefficient (Wildman–Crippen LogP) is 4.84. The molecular formula is C23H25BrN2O5S. The molecule has 2 heterocycles. The standard InChI is InChI=1S/C23H25BrN2O5S/c1-5-6-9-26-21(12-10-15(29-2)19(31-4)16(11-12)30-3)25-22-17(23(26)28)13-7-8-14(24)18(27)20(13)32-22/h10-11,14H,5-9H2,1-4H3. The summed E-state index contributed by atoms with van der Waals surface area (Å²) in [6, 6.07) is 3.59. The van der Waals surface area contributed by atoms with Crippen LogP contribution in [0.1, 0.15) is 41.4 Å². The first-order valence-corrected chi connectivity index (χ1v) is 12.2. The molecule has 0 radical (unpaired) electrons. The Morgan fingerprint density at radius 3 is 2.44 bits per heavy atom. The molecule has 1 atom stereocenters. The van der Waals surface area contributed by atoms with E-state index in [2.05, 4.69) is 22.9 Å². The Balaban J connectivity index is 2.01. The lowest BCUT2D eigenvalue weighted by Crippen LogP contribution is -2.25. The summed E-state index contributed by atoms with van der Waals surface area (Å²) in [5.41, 5.74) is 1.42. The Bertz CT molecular complexity index is 1220. The van der Waals surface area contributed by atoms with Crippen molar-refractivity contribution in [3.8, 4) is 28.6 Å². The number of hydrogen-bond donors (Lipinski definition) is 0. The van der Waals surface area contributed by atoms with Gasteiger partial charge in [-0.05, 0) is 37.0 Å². The van der Waals surface area contributed by atoms with E-state index >= 15 is 0 Å². The molecule has 3 aromatic rings. The average molecular weight is 521 g/mol. The van der Waals surface area contributed by atoms with Crippen molar-refractivity contribution < 1.29 is 19.0 Å². The molecule has 0 saturated carbocycles. The van der Waals surface area contributed by atoms with Crippen LogP contribution in [0.5, 0.6) is 17.2 Å². The summed E-state index contributed by atoms with van der Waals surface area (Å²) in [6.07, 6.45) is 3.13. The monoisotopic (exact) mass is 520 g/mol. The first kappa shape index (κ1) is 22.8. The highest BCUT2D eigenvalue weighted by molar-refractivity contribution is 9.10. The fourth-order valence-corrected chi connectivity index (χ4v) is 5.89. The van der Waals surface area contributed by atoms with Gasteiger partial charge in [-0.1, -0.05) is 29.3 Å². The number of ketones is 1. The molecule has 2 aromatic heterocycles. The maximum absolute atomic E-state index is 13.7. The number of alkyl halides is 1. The lowest BCUT2D eigenvalue weighted by Gasteiger charge is -2.17. The SMILES string of the molecule is CCCCn1c(-c2cc(OC)c(OC)c(OC)c2)nc2sc3c(c2c1=O)CCC(Br)C3=O. The van der Waals surface area contributed by atoms with Crippen molar-refractivity contribution in [3.63, 3.8) is 0 Å². The number of hydrogen-bond acceptors (Lipinski definition) is 7. The van der Waals surface area contributed by atoms with Gasteiger partial charge in [0, 0.05) is 12.1 Å². The summed E-state index contributed by atoms with van der Waals surface area (Å²) < 4.78 is 18.2. The van der Waals surface area contributed by atoms with Crippen LogP contribution in [0, 0.1) is 0 Å². The van der Waals surface area contributed by atoms with Gasteiger partial charge in [0.1, 0.15) is 10.7 Å². The molecule has 1 aromatic carbocycles. The minimum atomic E-state index is -0.208. The highest BCUT2D eigenvalue weighted by Gasteiger charge is 2.31. The third-order valence-electron chi connectivity index (χ3n) is 5.72. The van der Waals surface area contributed by atoms with Gasteiger partial charge in [0.25, 0.3) is 5.56 Å². The molecular weight excluding hydrogens is 496 g/mol. The minimum absolute atomic E-state index is 0.0306. The minimum Gasteiger partial charge on any atom is -0.493 e. The van der Waals surface area contributed by atoms with Crippen LogP contribution in [0.15, 0.2) is 16.9 Å². The van der Waals surface area contributed by atoms with Crippen LogP contribution in [-0.2, 0) is 13.0 Å². The van der Waals surface area contributed by atoms with E-state index in [0.717, 1.165) is 18.4 Å². The van der Waals surface area contributed by atoms with Crippen molar-refractivity contribution >= 4 is 43.3 Å². The number of aryl methyl sites for hydroxylation is 1. The normalized spacial score (nSPS) is 15.7. The lowest BCUT2D eigenvalue weighted by molar-refractivity contribution is 0.0986. The summed E-state index contributed by atoms with van der Waals surface area (Å²) in [7, 11) is 4.65. The number of carbonyl (C=O) groups excluding carboxylic acids is 1. The summed E-state index contributed by atoms with van der Waals surface area (Å²) in [4.78, 5) is 32.3. The van der Waals surface area contributed by atoms with Crippen molar-refractivity contribution in [3.05, 3.63) is 32.9 Å². The summed E-state index contributed by atoms with van der Waals surface area (Å²) in [5, 5.41) is 0.574. The van der Waals surface area contributed by atoms with Gasteiger partial charge in [0.2, 0.25) is 5.75 Å². The van der Waals surface area contributed by atoms with Crippen molar-refractivity contribution in [1.82, 2.24) is 9.55 Å². The van der Waals surface area contributed by atoms with E-state index in [1.165, 1.54) is 11.3 Å². The number of rotatable bonds is 7. The average Bonchev–Trinajstić information content (AvgIpc) is 3.19. The van der Waals surface area contributed by atoms with Crippen LogP contribution in [0.4, 0.5) is 0 Å². The van der Waals surface area contributed by atoms with Crippen molar-refractivity contribution in [1.29, 1.82) is 0 Å². The van der Waals surface area contributed by atoms with Gasteiger partial charge < -0.3 is 14.2 Å². The topological polar surface area (TPSA) is 79.7 Å². The zero-order valence-electron chi connectivity index (χ0n) is 18.5. The molecule has 1 aliphatic rings. The molecule has 170 valence electrons. The molecule has 0 fully saturated rings. The number of fused-ring (bicyclic) bond motifs is 3. The van der Waals surface area contributed by atoms with E-state index < -0.39 is 0 Å². The van der Waals surface area contributed by atoms with Gasteiger partial charge in [0.15, 0.2) is 17.3 Å². The maximum Gasteiger partial charge on any atom is 0.262 e. The van der Waals surface area contributed by atoms with E-state index in [-0.39, 0.29) is 16.2 Å². The van der Waals surface area contributed by atoms with Crippen molar-refractivity contribution in [2.75, 3.05) is 21.3 Å². The van der Waals surface area contributed by atoms with Crippen LogP contribution < -0.4 is 19.8 Å². The van der Waals surface area contributed by atoms with Gasteiger partial charge in [0.05, 0.1) is 36.4 Å². The van der Waals surface area contributed by atoms with Crippen molar-refractivity contribution in [2.45, 2.75) is 44.0 Å². The largest absolute Gasteiger partial charge is 0.493 e. The Kier molecular flexibility index (Phi) is 6.57. The van der Waals surface area contributed by atoms with E-state index in [0.29, 0.717) is 63.1 Å².